The lowest BCUT2D eigenvalue weighted by molar-refractivity contribution is -0.121. The molecule has 0 aliphatic carbocycles. The van der Waals surface area contributed by atoms with E-state index in [2.05, 4.69) is 22.6 Å². The van der Waals surface area contributed by atoms with Crippen LogP contribution in [-0.4, -0.2) is 22.5 Å². The minimum absolute atomic E-state index is 0.172. The van der Waals surface area contributed by atoms with Crippen LogP contribution < -0.4 is 5.73 Å². The van der Waals surface area contributed by atoms with Gasteiger partial charge in [0.2, 0.25) is 5.91 Å². The number of nitrogens with two attached hydrogens (primary N) is 1. The van der Waals surface area contributed by atoms with E-state index in [0.717, 1.165) is 9.13 Å². The van der Waals surface area contributed by atoms with E-state index >= 15 is 0 Å². The SMILES string of the molecule is CC(Cl)(C(N)=O)[C@@H](CO)Cc1cccc(I)c1. The lowest BCUT2D eigenvalue weighted by Gasteiger charge is -2.27. The van der Waals surface area contributed by atoms with Gasteiger partial charge in [0.05, 0.1) is 0 Å². The Morgan fingerprint density at radius 1 is 1.65 bits per heavy atom. The molecule has 0 bridgehead atoms. The molecule has 17 heavy (non-hydrogen) atoms. The molecule has 0 aliphatic rings. The summed E-state index contributed by atoms with van der Waals surface area (Å²) in [6.07, 6.45) is 0.524. The highest BCUT2D eigenvalue weighted by Crippen LogP contribution is 2.28. The molecule has 2 atom stereocenters. The zero-order valence-corrected chi connectivity index (χ0v) is 12.4. The Hall–Kier alpha value is -0.330. The molecule has 3 nitrogen and oxygen atoms in total. The van der Waals surface area contributed by atoms with Crippen LogP contribution in [0.2, 0.25) is 0 Å². The van der Waals surface area contributed by atoms with Crippen molar-refractivity contribution >= 4 is 40.1 Å². The molecule has 0 spiro atoms. The third kappa shape index (κ3) is 3.82. The number of carbonyl (C=O) groups is 1. The Labute approximate surface area is 119 Å². The zero-order chi connectivity index (χ0) is 13.1. The minimum Gasteiger partial charge on any atom is -0.396 e. The number of benzene rings is 1. The highest BCUT2D eigenvalue weighted by atomic mass is 127. The summed E-state index contributed by atoms with van der Waals surface area (Å²) < 4.78 is 1.10. The molecule has 0 heterocycles. The molecule has 0 radical (unpaired) electrons. The number of alkyl halides is 1. The lowest BCUT2D eigenvalue weighted by Crippen LogP contribution is -2.45. The second-order valence-corrected chi connectivity index (χ2v) is 6.18. The highest BCUT2D eigenvalue weighted by Gasteiger charge is 2.37. The van der Waals surface area contributed by atoms with Crippen molar-refractivity contribution in [2.45, 2.75) is 18.2 Å². The molecule has 1 aromatic rings. The molecule has 0 fully saturated rings. The fourth-order valence-electron chi connectivity index (χ4n) is 1.58. The quantitative estimate of drug-likeness (QED) is 0.617. The summed E-state index contributed by atoms with van der Waals surface area (Å²) in [6.45, 7) is 1.38. The lowest BCUT2D eigenvalue weighted by atomic mass is 9.87. The monoisotopic (exact) mass is 367 g/mol. The van der Waals surface area contributed by atoms with E-state index in [-0.39, 0.29) is 12.5 Å². The third-order valence-electron chi connectivity index (χ3n) is 2.84. The van der Waals surface area contributed by atoms with Crippen LogP contribution in [0.1, 0.15) is 12.5 Å². The maximum Gasteiger partial charge on any atom is 0.238 e. The maximum absolute atomic E-state index is 11.3. The van der Waals surface area contributed by atoms with Crippen LogP contribution in [0.25, 0.3) is 0 Å². The predicted molar refractivity (Wildman–Crippen MR) is 76.9 cm³/mol. The van der Waals surface area contributed by atoms with Crippen molar-refractivity contribution in [1.29, 1.82) is 0 Å². The van der Waals surface area contributed by atoms with Crippen LogP contribution in [0.3, 0.4) is 0 Å². The summed E-state index contributed by atoms with van der Waals surface area (Å²) in [5, 5.41) is 9.35. The van der Waals surface area contributed by atoms with Crippen molar-refractivity contribution in [2.75, 3.05) is 6.61 Å². The Balaban J connectivity index is 2.87. The Kier molecular flexibility index (Phi) is 5.22. The van der Waals surface area contributed by atoms with Gasteiger partial charge in [-0.3, -0.25) is 4.79 Å². The van der Waals surface area contributed by atoms with Crippen molar-refractivity contribution in [2.24, 2.45) is 11.7 Å². The summed E-state index contributed by atoms with van der Waals surface area (Å²) in [5.41, 5.74) is 6.28. The third-order valence-corrected chi connectivity index (χ3v) is 4.01. The van der Waals surface area contributed by atoms with Gasteiger partial charge in [0.25, 0.3) is 0 Å². The molecular formula is C12H15ClINO2. The van der Waals surface area contributed by atoms with Gasteiger partial charge in [0.15, 0.2) is 0 Å². The standard InChI is InChI=1S/C12H15ClINO2/c1-12(13,11(15)17)9(7-16)5-8-3-2-4-10(14)6-8/h2-4,6,9,16H,5,7H2,1H3,(H2,15,17)/t9-,12?/m1/s1. The maximum atomic E-state index is 11.3. The number of aliphatic hydroxyl groups is 1. The summed E-state index contributed by atoms with van der Waals surface area (Å²) in [6, 6.07) is 7.85. The van der Waals surface area contributed by atoms with E-state index in [1.807, 2.05) is 24.3 Å². The summed E-state index contributed by atoms with van der Waals surface area (Å²) in [5.74, 6) is -0.997. The zero-order valence-electron chi connectivity index (χ0n) is 9.49. The van der Waals surface area contributed by atoms with Gasteiger partial charge < -0.3 is 10.8 Å². The number of aliphatic hydroxyl groups excluding tert-OH is 1. The van der Waals surface area contributed by atoms with Crippen molar-refractivity contribution in [1.82, 2.24) is 0 Å². The number of halogens is 2. The Morgan fingerprint density at radius 3 is 2.76 bits per heavy atom. The fourth-order valence-corrected chi connectivity index (χ4v) is 2.33. The van der Waals surface area contributed by atoms with E-state index in [0.29, 0.717) is 6.42 Å². The molecule has 0 aromatic heterocycles. The van der Waals surface area contributed by atoms with Crippen molar-refractivity contribution in [3.63, 3.8) is 0 Å². The topological polar surface area (TPSA) is 63.3 Å². The van der Waals surface area contributed by atoms with Gasteiger partial charge in [-0.2, -0.15) is 0 Å². The number of hydrogen-bond acceptors (Lipinski definition) is 2. The van der Waals surface area contributed by atoms with Crippen LogP contribution in [0.15, 0.2) is 24.3 Å². The van der Waals surface area contributed by atoms with Gasteiger partial charge in [-0.15, -0.1) is 11.6 Å². The van der Waals surface area contributed by atoms with Crippen LogP contribution in [0, 0.1) is 9.49 Å². The number of amides is 1. The molecular weight excluding hydrogens is 352 g/mol. The van der Waals surface area contributed by atoms with Crippen LogP contribution in [-0.2, 0) is 11.2 Å². The van der Waals surface area contributed by atoms with E-state index in [4.69, 9.17) is 17.3 Å². The first-order valence-electron chi connectivity index (χ1n) is 5.22. The highest BCUT2D eigenvalue weighted by molar-refractivity contribution is 14.1. The summed E-state index contributed by atoms with van der Waals surface area (Å²) >= 11 is 8.30. The molecule has 0 saturated carbocycles. The van der Waals surface area contributed by atoms with Gasteiger partial charge in [-0.05, 0) is 53.6 Å². The molecule has 5 heteroatoms. The predicted octanol–water partition coefficient (Wildman–Crippen LogP) is 1.92. The number of primary amides is 1. The van der Waals surface area contributed by atoms with Gasteiger partial charge >= 0.3 is 0 Å². The normalized spacial score (nSPS) is 16.2. The summed E-state index contributed by atoms with van der Waals surface area (Å²) in [7, 11) is 0. The average Bonchev–Trinajstić information content (AvgIpc) is 2.25. The van der Waals surface area contributed by atoms with Gasteiger partial charge in [0, 0.05) is 16.1 Å². The van der Waals surface area contributed by atoms with Crippen LogP contribution >= 0.6 is 34.2 Å². The van der Waals surface area contributed by atoms with E-state index in [1.165, 1.54) is 0 Å². The number of carbonyl (C=O) groups excluding carboxylic acids is 1. The van der Waals surface area contributed by atoms with Gasteiger partial charge in [0.1, 0.15) is 4.87 Å². The molecule has 1 rings (SSSR count). The molecule has 0 saturated heterocycles. The second-order valence-electron chi connectivity index (χ2n) is 4.15. The number of rotatable bonds is 5. The molecule has 1 unspecified atom stereocenters. The largest absolute Gasteiger partial charge is 0.396 e. The molecule has 1 amide bonds. The summed E-state index contributed by atoms with van der Waals surface area (Å²) in [4.78, 5) is 10.0. The van der Waals surface area contributed by atoms with E-state index in [1.54, 1.807) is 6.92 Å². The second kappa shape index (κ2) is 6.02. The first-order valence-corrected chi connectivity index (χ1v) is 6.67. The fraction of sp³-hybridized carbons (Fsp3) is 0.417. The van der Waals surface area contributed by atoms with E-state index < -0.39 is 10.8 Å². The van der Waals surface area contributed by atoms with Crippen molar-refractivity contribution in [3.8, 4) is 0 Å². The molecule has 94 valence electrons. The first kappa shape index (κ1) is 14.7. The minimum atomic E-state index is -1.23. The Morgan fingerprint density at radius 2 is 2.29 bits per heavy atom. The molecule has 0 aliphatic heterocycles. The van der Waals surface area contributed by atoms with E-state index in [9.17, 15) is 9.90 Å². The van der Waals surface area contributed by atoms with Gasteiger partial charge in [-0.25, -0.2) is 0 Å². The smallest absolute Gasteiger partial charge is 0.238 e. The number of hydrogen-bond donors (Lipinski definition) is 2. The van der Waals surface area contributed by atoms with Crippen molar-refractivity contribution < 1.29 is 9.90 Å². The van der Waals surface area contributed by atoms with Gasteiger partial charge in [-0.1, -0.05) is 12.1 Å². The van der Waals surface area contributed by atoms with Crippen molar-refractivity contribution in [3.05, 3.63) is 33.4 Å². The molecule has 1 aromatic carbocycles. The Bertz CT molecular complexity index is 409. The molecule has 3 N–H and O–H groups in total. The first-order chi connectivity index (χ1) is 7.87. The van der Waals surface area contributed by atoms with Crippen LogP contribution in [0.4, 0.5) is 0 Å². The van der Waals surface area contributed by atoms with Crippen LogP contribution in [0.5, 0.6) is 0 Å². The average molecular weight is 368 g/mol.